The van der Waals surface area contributed by atoms with Gasteiger partial charge in [0.05, 0.1) is 0 Å². The molecular weight excluding hydrogens is 296 g/mol. The Morgan fingerprint density at radius 1 is 1.19 bits per heavy atom. The first kappa shape index (κ1) is 14.9. The van der Waals surface area contributed by atoms with Crippen LogP contribution in [-0.4, -0.2) is 33.9 Å². The molecule has 1 aromatic heterocycles. The number of phenolic OH excluding ortho intramolecular Hbond substituents is 1. The highest BCUT2D eigenvalue weighted by Crippen LogP contribution is 2.41. The zero-order valence-electron chi connectivity index (χ0n) is 11.0. The van der Waals surface area contributed by atoms with Crippen molar-refractivity contribution in [2.24, 2.45) is 0 Å². The Labute approximate surface area is 123 Å². The average molecular weight is 308 g/mol. The predicted octanol–water partition coefficient (Wildman–Crippen LogP) is 2.59. The zero-order chi connectivity index (χ0) is 15.6. The molecule has 0 aliphatic rings. The van der Waals surface area contributed by atoms with Gasteiger partial charge in [-0.05, 0) is 36.8 Å². The van der Waals surface area contributed by atoms with E-state index in [1.54, 1.807) is 19.1 Å². The van der Waals surface area contributed by atoms with E-state index in [0.29, 0.717) is 10.4 Å². The Bertz CT molecular complexity index is 686. The number of aliphatic carboxylic acids is 1. The van der Waals surface area contributed by atoms with Gasteiger partial charge >= 0.3 is 11.9 Å². The van der Waals surface area contributed by atoms with Crippen LogP contribution in [0, 0.1) is 6.92 Å². The van der Waals surface area contributed by atoms with E-state index in [4.69, 9.17) is 9.84 Å². The van der Waals surface area contributed by atoms with Crippen LogP contribution in [0.4, 0.5) is 0 Å². The van der Waals surface area contributed by atoms with Gasteiger partial charge < -0.3 is 20.1 Å². The number of carbonyl (C=O) groups is 2. The molecular formula is C14H12O6S. The van der Waals surface area contributed by atoms with Crippen molar-refractivity contribution in [3.05, 3.63) is 34.7 Å². The summed E-state index contributed by atoms with van der Waals surface area (Å²) in [4.78, 5) is 22.5. The number of benzene rings is 1. The first-order chi connectivity index (χ1) is 9.90. The monoisotopic (exact) mass is 308 g/mol. The fourth-order valence-electron chi connectivity index (χ4n) is 1.84. The van der Waals surface area contributed by atoms with Gasteiger partial charge in [-0.2, -0.15) is 0 Å². The second kappa shape index (κ2) is 5.84. The van der Waals surface area contributed by atoms with Gasteiger partial charge in [0.2, 0.25) is 0 Å². The maximum atomic E-state index is 11.3. The number of carboxylic acid groups (broad SMARTS) is 2. The van der Waals surface area contributed by atoms with E-state index >= 15 is 0 Å². The average Bonchev–Trinajstić information content (AvgIpc) is 2.75. The SMILES string of the molecule is Cc1c(-c2ccc(O)cc2)sc(C(=O)O)c1OCC(=O)O. The van der Waals surface area contributed by atoms with E-state index in [-0.39, 0.29) is 16.4 Å². The molecule has 0 radical (unpaired) electrons. The number of aromatic carboxylic acids is 1. The van der Waals surface area contributed by atoms with E-state index in [0.717, 1.165) is 16.9 Å². The molecule has 7 heteroatoms. The van der Waals surface area contributed by atoms with Crippen molar-refractivity contribution in [2.75, 3.05) is 6.61 Å². The Hall–Kier alpha value is -2.54. The summed E-state index contributed by atoms with van der Waals surface area (Å²) in [5, 5.41) is 27.1. The third-order valence-electron chi connectivity index (χ3n) is 2.76. The number of aromatic hydroxyl groups is 1. The summed E-state index contributed by atoms with van der Waals surface area (Å²) in [5.41, 5.74) is 1.28. The van der Waals surface area contributed by atoms with Crippen molar-refractivity contribution in [1.82, 2.24) is 0 Å². The fraction of sp³-hybridized carbons (Fsp3) is 0.143. The van der Waals surface area contributed by atoms with E-state index < -0.39 is 18.5 Å². The molecule has 0 saturated carbocycles. The molecule has 0 aliphatic heterocycles. The highest BCUT2D eigenvalue weighted by Gasteiger charge is 2.23. The van der Waals surface area contributed by atoms with Crippen LogP contribution in [0.2, 0.25) is 0 Å². The summed E-state index contributed by atoms with van der Waals surface area (Å²) in [6, 6.07) is 6.29. The summed E-state index contributed by atoms with van der Waals surface area (Å²) >= 11 is 1.01. The van der Waals surface area contributed by atoms with Crippen LogP contribution in [0.3, 0.4) is 0 Å². The quantitative estimate of drug-likeness (QED) is 0.784. The lowest BCUT2D eigenvalue weighted by molar-refractivity contribution is -0.139. The molecule has 0 bridgehead atoms. The highest BCUT2D eigenvalue weighted by molar-refractivity contribution is 7.18. The molecule has 110 valence electrons. The Morgan fingerprint density at radius 3 is 2.33 bits per heavy atom. The summed E-state index contributed by atoms with van der Waals surface area (Å²) in [6.45, 7) is 1.06. The standard InChI is InChI=1S/C14H12O6S/c1-7-11(20-6-10(16)17)13(14(18)19)21-12(7)8-2-4-9(15)5-3-8/h2-5,15H,6H2,1H3,(H,16,17)(H,18,19). The molecule has 21 heavy (non-hydrogen) atoms. The zero-order valence-corrected chi connectivity index (χ0v) is 11.8. The first-order valence-corrected chi connectivity index (χ1v) is 6.72. The van der Waals surface area contributed by atoms with Crippen LogP contribution in [0.25, 0.3) is 10.4 Å². The Kier molecular flexibility index (Phi) is 4.13. The molecule has 1 aromatic carbocycles. The van der Waals surface area contributed by atoms with Crippen molar-refractivity contribution in [3.63, 3.8) is 0 Å². The lowest BCUT2D eigenvalue weighted by atomic mass is 10.1. The van der Waals surface area contributed by atoms with Gasteiger partial charge in [0.25, 0.3) is 0 Å². The third-order valence-corrected chi connectivity index (χ3v) is 4.07. The third kappa shape index (κ3) is 3.14. The number of carboxylic acids is 2. The lowest BCUT2D eigenvalue weighted by Gasteiger charge is -2.05. The summed E-state index contributed by atoms with van der Waals surface area (Å²) < 4.78 is 5.10. The Balaban J connectivity index is 2.48. The fourth-order valence-corrected chi connectivity index (χ4v) is 2.93. The summed E-state index contributed by atoms with van der Waals surface area (Å²) in [7, 11) is 0. The maximum absolute atomic E-state index is 11.3. The first-order valence-electron chi connectivity index (χ1n) is 5.91. The molecule has 1 heterocycles. The maximum Gasteiger partial charge on any atom is 0.349 e. The summed E-state index contributed by atoms with van der Waals surface area (Å²) in [6.07, 6.45) is 0. The van der Waals surface area contributed by atoms with Gasteiger partial charge in [-0.25, -0.2) is 9.59 Å². The second-order valence-electron chi connectivity index (χ2n) is 4.25. The lowest BCUT2D eigenvalue weighted by Crippen LogP contribution is -2.11. The normalized spacial score (nSPS) is 10.3. The molecule has 0 unspecified atom stereocenters. The van der Waals surface area contributed by atoms with Crippen LogP contribution < -0.4 is 4.74 Å². The van der Waals surface area contributed by atoms with Gasteiger partial charge in [-0.15, -0.1) is 11.3 Å². The molecule has 0 atom stereocenters. The largest absolute Gasteiger partial charge is 0.508 e. The molecule has 6 nitrogen and oxygen atoms in total. The number of ether oxygens (including phenoxy) is 1. The second-order valence-corrected chi connectivity index (χ2v) is 5.27. The van der Waals surface area contributed by atoms with Crippen LogP contribution in [0.15, 0.2) is 24.3 Å². The van der Waals surface area contributed by atoms with E-state index in [9.17, 15) is 19.8 Å². The van der Waals surface area contributed by atoms with Crippen LogP contribution in [0.1, 0.15) is 15.2 Å². The van der Waals surface area contributed by atoms with Crippen LogP contribution >= 0.6 is 11.3 Å². The van der Waals surface area contributed by atoms with Gasteiger partial charge in [-0.1, -0.05) is 0 Å². The molecule has 0 saturated heterocycles. The molecule has 2 aromatic rings. The molecule has 0 aliphatic carbocycles. The molecule has 0 amide bonds. The minimum atomic E-state index is -1.18. The van der Waals surface area contributed by atoms with E-state index in [1.165, 1.54) is 12.1 Å². The van der Waals surface area contributed by atoms with Gasteiger partial charge in [0.1, 0.15) is 11.5 Å². The van der Waals surface area contributed by atoms with Crippen molar-refractivity contribution in [1.29, 1.82) is 0 Å². The molecule has 3 N–H and O–H groups in total. The van der Waals surface area contributed by atoms with Crippen LogP contribution in [-0.2, 0) is 4.79 Å². The minimum Gasteiger partial charge on any atom is -0.508 e. The van der Waals surface area contributed by atoms with Crippen LogP contribution in [0.5, 0.6) is 11.5 Å². The van der Waals surface area contributed by atoms with Crippen molar-refractivity contribution < 1.29 is 29.6 Å². The minimum absolute atomic E-state index is 0.0446. The molecule has 0 fully saturated rings. The van der Waals surface area contributed by atoms with Crippen molar-refractivity contribution in [3.8, 4) is 21.9 Å². The Morgan fingerprint density at radius 2 is 1.81 bits per heavy atom. The molecule has 0 spiro atoms. The summed E-state index contributed by atoms with van der Waals surface area (Å²) in [5.74, 6) is -2.18. The number of rotatable bonds is 5. The van der Waals surface area contributed by atoms with E-state index in [1.807, 2.05) is 0 Å². The van der Waals surface area contributed by atoms with Gasteiger partial charge in [0, 0.05) is 10.4 Å². The predicted molar refractivity (Wildman–Crippen MR) is 76.2 cm³/mol. The van der Waals surface area contributed by atoms with E-state index in [2.05, 4.69) is 0 Å². The number of hydrogen-bond acceptors (Lipinski definition) is 5. The topological polar surface area (TPSA) is 104 Å². The van der Waals surface area contributed by atoms with Gasteiger partial charge in [-0.3, -0.25) is 0 Å². The van der Waals surface area contributed by atoms with Gasteiger partial charge in [0.15, 0.2) is 11.5 Å². The molecule has 2 rings (SSSR count). The van der Waals surface area contributed by atoms with Crippen molar-refractivity contribution in [2.45, 2.75) is 6.92 Å². The number of phenols is 1. The van der Waals surface area contributed by atoms with Crippen molar-refractivity contribution >= 4 is 23.3 Å². The highest BCUT2D eigenvalue weighted by atomic mass is 32.1. The number of thiophene rings is 1. The smallest absolute Gasteiger partial charge is 0.349 e. The number of hydrogen-bond donors (Lipinski definition) is 3.